The summed E-state index contributed by atoms with van der Waals surface area (Å²) >= 11 is 1.24. The first kappa shape index (κ1) is 20.1. The van der Waals surface area contributed by atoms with Gasteiger partial charge in [0.1, 0.15) is 16.9 Å². The van der Waals surface area contributed by atoms with Gasteiger partial charge >= 0.3 is 0 Å². The number of hydrogen-bond acceptors (Lipinski definition) is 8. The average molecular weight is 428 g/mol. The second-order valence-corrected chi connectivity index (χ2v) is 7.34. The summed E-state index contributed by atoms with van der Waals surface area (Å²) in [6.07, 6.45) is 0. The fraction of sp³-hybridized carbons (Fsp3) is 0.0455. The third-order valence-corrected chi connectivity index (χ3v) is 5.23. The van der Waals surface area contributed by atoms with E-state index in [0.29, 0.717) is 28.2 Å². The highest BCUT2D eigenvalue weighted by Crippen LogP contribution is 2.27. The molecule has 4 aromatic rings. The molecule has 31 heavy (non-hydrogen) atoms. The Labute approximate surface area is 182 Å². The number of thioether (sulfide) groups is 1. The first-order chi connectivity index (χ1) is 15.1. The number of carbonyl (C=O) groups excluding carboxylic acids is 1. The first-order valence-corrected chi connectivity index (χ1v) is 10.2. The van der Waals surface area contributed by atoms with Crippen LogP contribution in [0.25, 0.3) is 11.5 Å². The Balaban J connectivity index is 1.49. The van der Waals surface area contributed by atoms with Gasteiger partial charge in [-0.05, 0) is 30.3 Å². The van der Waals surface area contributed by atoms with Crippen LogP contribution >= 0.6 is 11.8 Å². The van der Waals surface area contributed by atoms with Gasteiger partial charge in [0.25, 0.3) is 11.8 Å². The molecule has 0 unspecified atom stereocenters. The number of pyridine rings is 1. The van der Waals surface area contributed by atoms with Gasteiger partial charge in [-0.15, -0.1) is 0 Å². The van der Waals surface area contributed by atoms with E-state index in [4.69, 9.17) is 10.3 Å². The molecule has 3 N–H and O–H groups in total. The summed E-state index contributed by atoms with van der Waals surface area (Å²) in [6, 6.07) is 21.9. The Morgan fingerprint density at radius 1 is 1.10 bits per heavy atom. The molecule has 0 aliphatic rings. The molecule has 8 nitrogen and oxygen atoms in total. The molecular formula is C22H16N6O2S. The zero-order valence-corrected chi connectivity index (χ0v) is 17.0. The highest BCUT2D eigenvalue weighted by molar-refractivity contribution is 7.98. The third kappa shape index (κ3) is 4.71. The van der Waals surface area contributed by atoms with Gasteiger partial charge in [0.05, 0.1) is 16.9 Å². The summed E-state index contributed by atoms with van der Waals surface area (Å²) < 4.78 is 5.29. The van der Waals surface area contributed by atoms with E-state index in [9.17, 15) is 10.1 Å². The van der Waals surface area contributed by atoms with Gasteiger partial charge in [-0.1, -0.05) is 53.3 Å². The Hall–Kier alpha value is -4.16. The maximum atomic E-state index is 12.6. The molecule has 4 rings (SSSR count). The Bertz CT molecular complexity index is 1250. The van der Waals surface area contributed by atoms with Gasteiger partial charge < -0.3 is 15.6 Å². The molecule has 0 spiro atoms. The second kappa shape index (κ2) is 9.11. The molecule has 0 saturated carbocycles. The standard InChI is InChI=1S/C22H16N6O2S/c23-12-15-11-17(20(29)25-16-9-5-2-6-10-16)19(24)27-22(15)31-13-18-26-21(30-28-18)14-7-3-1-4-8-14/h1-11H,13H2,(H2,24,27)(H,25,29). The van der Waals surface area contributed by atoms with Crippen molar-refractivity contribution in [1.82, 2.24) is 15.1 Å². The number of benzene rings is 2. The van der Waals surface area contributed by atoms with Crippen molar-refractivity contribution in [3.05, 3.63) is 83.7 Å². The van der Waals surface area contributed by atoms with Gasteiger partial charge in [-0.25, -0.2) is 4.98 Å². The van der Waals surface area contributed by atoms with Crippen molar-refractivity contribution < 1.29 is 9.32 Å². The van der Waals surface area contributed by atoms with Gasteiger partial charge in [0, 0.05) is 11.3 Å². The van der Waals surface area contributed by atoms with Gasteiger partial charge in [-0.3, -0.25) is 4.79 Å². The summed E-state index contributed by atoms with van der Waals surface area (Å²) in [5, 5.41) is 16.6. The molecule has 0 aliphatic carbocycles. The molecule has 1 amide bonds. The molecule has 2 heterocycles. The van der Waals surface area contributed by atoms with E-state index in [2.05, 4.69) is 26.5 Å². The van der Waals surface area contributed by atoms with Crippen molar-refractivity contribution >= 4 is 29.2 Å². The lowest BCUT2D eigenvalue weighted by Crippen LogP contribution is -2.15. The number of carbonyl (C=O) groups is 1. The van der Waals surface area contributed by atoms with Crippen molar-refractivity contribution in [2.75, 3.05) is 11.1 Å². The highest BCUT2D eigenvalue weighted by atomic mass is 32.2. The SMILES string of the molecule is N#Cc1cc(C(=O)Nc2ccccc2)c(N)nc1SCc1noc(-c2ccccc2)n1. The largest absolute Gasteiger partial charge is 0.383 e. The maximum absolute atomic E-state index is 12.6. The van der Waals surface area contributed by atoms with Crippen LogP contribution in [-0.4, -0.2) is 21.0 Å². The highest BCUT2D eigenvalue weighted by Gasteiger charge is 2.17. The number of hydrogen-bond donors (Lipinski definition) is 2. The van der Waals surface area contributed by atoms with Crippen LogP contribution in [0.3, 0.4) is 0 Å². The fourth-order valence-corrected chi connectivity index (χ4v) is 3.55. The zero-order chi connectivity index (χ0) is 21.6. The van der Waals surface area contributed by atoms with E-state index >= 15 is 0 Å². The predicted octanol–water partition coefficient (Wildman–Crippen LogP) is 4.13. The normalized spacial score (nSPS) is 10.4. The topological polar surface area (TPSA) is 131 Å². The number of nitrogens with zero attached hydrogens (tertiary/aromatic N) is 4. The van der Waals surface area contributed by atoms with E-state index in [-0.39, 0.29) is 16.9 Å². The van der Waals surface area contributed by atoms with Crippen molar-refractivity contribution in [2.45, 2.75) is 10.8 Å². The van der Waals surface area contributed by atoms with Crippen LogP contribution in [0, 0.1) is 11.3 Å². The number of aromatic nitrogens is 3. The Kier molecular flexibility index (Phi) is 5.91. The van der Waals surface area contributed by atoms with Gasteiger partial charge in [-0.2, -0.15) is 10.2 Å². The average Bonchev–Trinajstić information content (AvgIpc) is 3.28. The smallest absolute Gasteiger partial charge is 0.259 e. The Morgan fingerprint density at radius 3 is 2.52 bits per heavy atom. The van der Waals surface area contributed by atoms with Crippen LogP contribution in [0.5, 0.6) is 0 Å². The number of nitrogen functional groups attached to an aromatic ring is 1. The lowest BCUT2D eigenvalue weighted by atomic mass is 10.2. The first-order valence-electron chi connectivity index (χ1n) is 9.22. The van der Waals surface area contributed by atoms with Crippen LogP contribution in [0.15, 0.2) is 76.3 Å². The number of nitriles is 1. The lowest BCUT2D eigenvalue weighted by Gasteiger charge is -2.09. The number of nitrogens with one attached hydrogen (secondary N) is 1. The molecular weight excluding hydrogens is 412 g/mol. The molecule has 0 radical (unpaired) electrons. The zero-order valence-electron chi connectivity index (χ0n) is 16.1. The summed E-state index contributed by atoms with van der Waals surface area (Å²) in [5.74, 6) is 0.798. The third-order valence-electron chi connectivity index (χ3n) is 4.24. The van der Waals surface area contributed by atoms with E-state index in [1.54, 1.807) is 24.3 Å². The molecule has 0 bridgehead atoms. The summed E-state index contributed by atoms with van der Waals surface area (Å²) in [7, 11) is 0. The van der Waals surface area contributed by atoms with Gasteiger partial charge in [0.2, 0.25) is 0 Å². The predicted molar refractivity (Wildman–Crippen MR) is 117 cm³/mol. The summed E-state index contributed by atoms with van der Waals surface area (Å²) in [5.41, 5.74) is 7.82. The van der Waals surface area contributed by atoms with E-state index < -0.39 is 5.91 Å². The molecule has 9 heteroatoms. The number of anilines is 2. The maximum Gasteiger partial charge on any atom is 0.259 e. The molecule has 0 fully saturated rings. The van der Waals surface area contributed by atoms with Crippen molar-refractivity contribution in [3.63, 3.8) is 0 Å². The van der Waals surface area contributed by atoms with E-state index in [1.165, 1.54) is 17.8 Å². The van der Waals surface area contributed by atoms with Crippen LogP contribution in [0.1, 0.15) is 21.7 Å². The van der Waals surface area contributed by atoms with Crippen LogP contribution < -0.4 is 11.1 Å². The number of amides is 1. The van der Waals surface area contributed by atoms with Crippen molar-refractivity contribution in [1.29, 1.82) is 5.26 Å². The number of rotatable bonds is 6. The molecule has 2 aromatic heterocycles. The quantitative estimate of drug-likeness (QED) is 0.438. The minimum atomic E-state index is -0.435. The second-order valence-electron chi connectivity index (χ2n) is 6.38. The molecule has 0 atom stereocenters. The van der Waals surface area contributed by atoms with E-state index in [1.807, 2.05) is 36.4 Å². The summed E-state index contributed by atoms with van der Waals surface area (Å²) in [4.78, 5) is 21.2. The molecule has 0 saturated heterocycles. The minimum Gasteiger partial charge on any atom is -0.383 e. The van der Waals surface area contributed by atoms with Crippen LogP contribution in [0.2, 0.25) is 0 Å². The summed E-state index contributed by atoms with van der Waals surface area (Å²) in [6.45, 7) is 0. The molecule has 152 valence electrons. The lowest BCUT2D eigenvalue weighted by molar-refractivity contribution is 0.102. The van der Waals surface area contributed by atoms with Gasteiger partial charge in [0.15, 0.2) is 5.82 Å². The molecule has 0 aliphatic heterocycles. The number of nitrogens with two attached hydrogens (primary N) is 1. The van der Waals surface area contributed by atoms with Crippen LogP contribution in [-0.2, 0) is 5.75 Å². The number of para-hydroxylation sites is 1. The van der Waals surface area contributed by atoms with Crippen molar-refractivity contribution in [2.24, 2.45) is 0 Å². The monoisotopic (exact) mass is 428 g/mol. The van der Waals surface area contributed by atoms with Crippen molar-refractivity contribution in [3.8, 4) is 17.5 Å². The fourth-order valence-electron chi connectivity index (χ4n) is 2.75. The van der Waals surface area contributed by atoms with Crippen LogP contribution in [0.4, 0.5) is 11.5 Å². The molecule has 2 aromatic carbocycles. The minimum absolute atomic E-state index is 0.0352. The Morgan fingerprint density at radius 2 is 1.81 bits per heavy atom. The van der Waals surface area contributed by atoms with E-state index in [0.717, 1.165) is 5.56 Å².